The van der Waals surface area contributed by atoms with E-state index >= 15 is 0 Å². The van der Waals surface area contributed by atoms with Crippen LogP contribution >= 0.6 is 0 Å². The fourth-order valence-corrected chi connectivity index (χ4v) is 11.7. The number of hydrogen-bond acceptors (Lipinski definition) is 4. The molecule has 0 aliphatic heterocycles. The standard InChI is InChI=1S/C33H47F3O4S/c1-4-32(38)17-15-25-22(20-32)10-11-27-26(25)14-16-31(3)28(12-13-29(27)31)21(2)18-24(19-30(37)33(34,35)36)41(39,40)23-8-6-5-7-9-23/h5-10,21,24-30,37-38H,4,11-20H2,1-3H3/t21-,24?,25+,26-,27?,28-,29+,30+,31-,32+/m1/s1. The number of rotatable bonds is 8. The van der Waals surface area contributed by atoms with Gasteiger partial charge in [0.15, 0.2) is 15.9 Å². The Labute approximate surface area is 243 Å². The Morgan fingerprint density at radius 3 is 2.39 bits per heavy atom. The first-order valence-corrected chi connectivity index (χ1v) is 17.2. The summed E-state index contributed by atoms with van der Waals surface area (Å²) in [6, 6.07) is 7.69. The maximum atomic E-state index is 13.6. The molecule has 1 aromatic rings. The Kier molecular flexibility index (Phi) is 8.54. The fraction of sp³-hybridized carbons (Fsp3) is 0.758. The van der Waals surface area contributed by atoms with E-state index in [0.29, 0.717) is 23.7 Å². The van der Waals surface area contributed by atoms with Crippen molar-refractivity contribution in [2.24, 2.45) is 40.9 Å². The Hall–Kier alpha value is -1.38. The molecule has 41 heavy (non-hydrogen) atoms. The molecule has 0 heterocycles. The summed E-state index contributed by atoms with van der Waals surface area (Å²) in [7, 11) is -4.06. The van der Waals surface area contributed by atoms with Gasteiger partial charge in [0.05, 0.1) is 15.7 Å². The predicted molar refractivity (Wildman–Crippen MR) is 154 cm³/mol. The highest BCUT2D eigenvalue weighted by Gasteiger charge is 2.57. The molecule has 8 heteroatoms. The molecule has 3 fully saturated rings. The van der Waals surface area contributed by atoms with Gasteiger partial charge in [0.25, 0.3) is 0 Å². The molecule has 5 rings (SSSR count). The zero-order valence-electron chi connectivity index (χ0n) is 24.6. The number of alkyl halides is 3. The van der Waals surface area contributed by atoms with Crippen LogP contribution in [0.3, 0.4) is 0 Å². The summed E-state index contributed by atoms with van der Waals surface area (Å²) < 4.78 is 67.4. The van der Waals surface area contributed by atoms with Crippen molar-refractivity contribution >= 4 is 9.84 Å². The van der Waals surface area contributed by atoms with Gasteiger partial charge in [-0.15, -0.1) is 0 Å². The van der Waals surface area contributed by atoms with E-state index in [-0.39, 0.29) is 28.6 Å². The van der Waals surface area contributed by atoms with E-state index in [2.05, 4.69) is 19.9 Å². The lowest BCUT2D eigenvalue weighted by Crippen LogP contribution is -2.48. The summed E-state index contributed by atoms with van der Waals surface area (Å²) >= 11 is 0. The molecule has 2 unspecified atom stereocenters. The van der Waals surface area contributed by atoms with Gasteiger partial charge >= 0.3 is 6.18 Å². The summed E-state index contributed by atoms with van der Waals surface area (Å²) in [5, 5.41) is 19.6. The monoisotopic (exact) mass is 596 g/mol. The van der Waals surface area contributed by atoms with Crippen LogP contribution in [0.25, 0.3) is 0 Å². The Morgan fingerprint density at radius 2 is 1.73 bits per heavy atom. The van der Waals surface area contributed by atoms with Crippen molar-refractivity contribution in [1.29, 1.82) is 0 Å². The number of allylic oxidation sites excluding steroid dienone is 1. The molecule has 10 atom stereocenters. The molecule has 0 saturated heterocycles. The molecule has 4 nitrogen and oxygen atoms in total. The van der Waals surface area contributed by atoms with Crippen LogP contribution in [0.2, 0.25) is 0 Å². The summed E-state index contributed by atoms with van der Waals surface area (Å²) in [6.45, 7) is 6.44. The number of benzene rings is 1. The molecule has 4 aliphatic rings. The summed E-state index contributed by atoms with van der Waals surface area (Å²) in [6.07, 6.45) is 2.84. The van der Waals surface area contributed by atoms with Gasteiger partial charge in [-0.1, -0.05) is 50.6 Å². The van der Waals surface area contributed by atoms with Gasteiger partial charge in [-0.05, 0) is 124 Å². The van der Waals surface area contributed by atoms with Crippen molar-refractivity contribution in [1.82, 2.24) is 0 Å². The number of aliphatic hydroxyl groups is 2. The third kappa shape index (κ3) is 5.78. The molecule has 1 aromatic carbocycles. The van der Waals surface area contributed by atoms with Crippen molar-refractivity contribution < 1.29 is 31.8 Å². The van der Waals surface area contributed by atoms with Crippen LogP contribution in [0.1, 0.15) is 91.4 Å². The van der Waals surface area contributed by atoms with Gasteiger partial charge < -0.3 is 10.2 Å². The van der Waals surface area contributed by atoms with Crippen molar-refractivity contribution in [2.75, 3.05) is 0 Å². The predicted octanol–water partition coefficient (Wildman–Crippen LogP) is 7.50. The maximum absolute atomic E-state index is 13.6. The lowest BCUT2D eigenvalue weighted by molar-refractivity contribution is -0.205. The first-order chi connectivity index (χ1) is 19.2. The van der Waals surface area contributed by atoms with E-state index in [1.165, 1.54) is 17.7 Å². The van der Waals surface area contributed by atoms with Gasteiger partial charge in [0.1, 0.15) is 0 Å². The number of halogens is 3. The highest BCUT2D eigenvalue weighted by molar-refractivity contribution is 7.92. The van der Waals surface area contributed by atoms with E-state index in [1.807, 2.05) is 6.92 Å². The summed E-state index contributed by atoms with van der Waals surface area (Å²) in [5.41, 5.74) is 0.905. The molecular formula is C33H47F3O4S. The Bertz CT molecular complexity index is 1210. The van der Waals surface area contributed by atoms with E-state index in [4.69, 9.17) is 0 Å². The number of hydrogen-bond donors (Lipinski definition) is 2. The van der Waals surface area contributed by atoms with E-state index in [1.54, 1.807) is 18.2 Å². The lowest BCUT2D eigenvalue weighted by Gasteiger charge is -2.55. The topological polar surface area (TPSA) is 74.6 Å². The largest absolute Gasteiger partial charge is 0.414 e. The van der Waals surface area contributed by atoms with Crippen molar-refractivity contribution in [3.05, 3.63) is 42.0 Å². The average molecular weight is 597 g/mol. The van der Waals surface area contributed by atoms with Gasteiger partial charge in [0.2, 0.25) is 0 Å². The molecule has 4 aliphatic carbocycles. The number of aliphatic hydroxyl groups excluding tert-OH is 1. The van der Waals surface area contributed by atoms with Gasteiger partial charge in [-0.3, -0.25) is 0 Å². The van der Waals surface area contributed by atoms with Crippen LogP contribution in [0.5, 0.6) is 0 Å². The summed E-state index contributed by atoms with van der Waals surface area (Å²) in [4.78, 5) is 0.00911. The third-order valence-corrected chi connectivity index (χ3v) is 14.2. The SMILES string of the molecule is CC[C@]1(O)CC[C@H]2C(=CCC3[C@@H]2CC[C@]2(C)[C@@H]([C@H](C)CC(C[C@H](O)C(F)(F)F)S(=O)(=O)c4ccccc4)CC[C@@H]32)C1. The summed E-state index contributed by atoms with van der Waals surface area (Å²) in [5.74, 6) is 2.40. The molecule has 2 N–H and O–H groups in total. The zero-order chi connectivity index (χ0) is 29.8. The third-order valence-electron chi connectivity index (χ3n) is 12.0. The quantitative estimate of drug-likeness (QED) is 0.305. The smallest absolute Gasteiger partial charge is 0.390 e. The van der Waals surface area contributed by atoms with Crippen molar-refractivity contribution in [3.8, 4) is 0 Å². The minimum Gasteiger partial charge on any atom is -0.390 e. The molecule has 0 amide bonds. The molecule has 0 spiro atoms. The van der Waals surface area contributed by atoms with Crippen molar-refractivity contribution in [2.45, 2.75) is 119 Å². The van der Waals surface area contributed by atoms with Gasteiger partial charge in [-0.2, -0.15) is 13.2 Å². The molecule has 0 radical (unpaired) electrons. The first kappa shape index (κ1) is 31.1. The molecule has 3 saturated carbocycles. The van der Waals surface area contributed by atoms with Gasteiger partial charge in [0, 0.05) is 0 Å². The normalized spacial score (nSPS) is 37.8. The minimum atomic E-state index is -4.87. The van der Waals surface area contributed by atoms with Crippen molar-refractivity contribution in [3.63, 3.8) is 0 Å². The van der Waals surface area contributed by atoms with Crippen LogP contribution < -0.4 is 0 Å². The van der Waals surface area contributed by atoms with E-state index < -0.39 is 39.4 Å². The minimum absolute atomic E-state index is 0.00911. The van der Waals surface area contributed by atoms with Crippen LogP contribution in [-0.2, 0) is 9.84 Å². The van der Waals surface area contributed by atoms with Crippen LogP contribution in [0.4, 0.5) is 13.2 Å². The first-order valence-electron chi connectivity index (χ1n) is 15.6. The average Bonchev–Trinajstić information content (AvgIpc) is 3.29. The van der Waals surface area contributed by atoms with Gasteiger partial charge in [-0.25, -0.2) is 8.42 Å². The fourth-order valence-electron chi connectivity index (χ4n) is 9.76. The molecule has 0 bridgehead atoms. The van der Waals surface area contributed by atoms with E-state index in [0.717, 1.165) is 57.8 Å². The molecular weight excluding hydrogens is 549 g/mol. The van der Waals surface area contributed by atoms with Crippen LogP contribution in [-0.4, -0.2) is 41.8 Å². The highest BCUT2D eigenvalue weighted by Crippen LogP contribution is 2.65. The van der Waals surface area contributed by atoms with Crippen LogP contribution in [0.15, 0.2) is 46.9 Å². The molecule has 230 valence electrons. The number of sulfone groups is 1. The second-order valence-corrected chi connectivity index (χ2v) is 16.3. The Balaban J connectivity index is 1.35. The number of fused-ring (bicyclic) bond motifs is 5. The van der Waals surface area contributed by atoms with E-state index in [9.17, 15) is 31.8 Å². The lowest BCUT2D eigenvalue weighted by atomic mass is 9.50. The Morgan fingerprint density at radius 1 is 1.02 bits per heavy atom. The van der Waals surface area contributed by atoms with Crippen LogP contribution in [0, 0.1) is 40.9 Å². The highest BCUT2D eigenvalue weighted by atomic mass is 32.2. The molecule has 0 aromatic heterocycles. The maximum Gasteiger partial charge on any atom is 0.414 e. The zero-order valence-corrected chi connectivity index (χ0v) is 25.4. The second kappa shape index (κ2) is 11.3. The second-order valence-electron chi connectivity index (χ2n) is 14.1.